The van der Waals surface area contributed by atoms with Crippen molar-refractivity contribution in [3.63, 3.8) is 0 Å². The van der Waals surface area contributed by atoms with Gasteiger partial charge in [0.2, 0.25) is 0 Å². The second-order valence-corrected chi connectivity index (χ2v) is 8.98. The summed E-state index contributed by atoms with van der Waals surface area (Å²) in [5.41, 5.74) is 0. The van der Waals surface area contributed by atoms with E-state index >= 15 is 0 Å². The lowest BCUT2D eigenvalue weighted by atomic mass is 10.1. The second-order valence-electron chi connectivity index (χ2n) is 6.66. The van der Waals surface area contributed by atoms with Gasteiger partial charge >= 0.3 is 0 Å². The van der Waals surface area contributed by atoms with Gasteiger partial charge in [-0.3, -0.25) is 9.20 Å². The summed E-state index contributed by atoms with van der Waals surface area (Å²) in [6.45, 7) is 15.2. The standard InChI is InChI=1S/C16H33N3O2S.HI/c1-6-17-15(18-9-11-22(20)16(3,4)5)19-10-8-14(12-19)13-21-7-2;/h14H,6-13H2,1-5H3,(H,17,18);1H. The van der Waals surface area contributed by atoms with Crippen LogP contribution in [0.15, 0.2) is 4.99 Å². The van der Waals surface area contributed by atoms with E-state index in [4.69, 9.17) is 4.74 Å². The van der Waals surface area contributed by atoms with Gasteiger partial charge in [-0.25, -0.2) is 0 Å². The largest absolute Gasteiger partial charge is 0.381 e. The number of ether oxygens (including phenoxy) is 1. The van der Waals surface area contributed by atoms with Gasteiger partial charge in [-0.15, -0.1) is 24.0 Å². The molecule has 138 valence electrons. The van der Waals surface area contributed by atoms with Gasteiger partial charge in [-0.1, -0.05) is 0 Å². The van der Waals surface area contributed by atoms with E-state index in [-0.39, 0.29) is 28.7 Å². The number of hydrogen-bond acceptors (Lipinski definition) is 3. The summed E-state index contributed by atoms with van der Waals surface area (Å²) < 4.78 is 17.5. The van der Waals surface area contributed by atoms with Crippen LogP contribution in [0.25, 0.3) is 0 Å². The number of likely N-dealkylation sites (tertiary alicyclic amines) is 1. The number of nitrogens with one attached hydrogen (secondary N) is 1. The molecule has 0 spiro atoms. The molecule has 5 nitrogen and oxygen atoms in total. The van der Waals surface area contributed by atoms with Gasteiger partial charge in [0.25, 0.3) is 0 Å². The van der Waals surface area contributed by atoms with Crippen LogP contribution in [0.2, 0.25) is 0 Å². The predicted molar refractivity (Wildman–Crippen MR) is 110 cm³/mol. The van der Waals surface area contributed by atoms with Gasteiger partial charge in [0.15, 0.2) is 5.96 Å². The molecule has 0 bridgehead atoms. The van der Waals surface area contributed by atoms with Crippen molar-refractivity contribution >= 4 is 40.7 Å². The average Bonchev–Trinajstić information content (AvgIpc) is 2.91. The minimum Gasteiger partial charge on any atom is -0.381 e. The first-order valence-electron chi connectivity index (χ1n) is 8.38. The lowest BCUT2D eigenvalue weighted by Crippen LogP contribution is -2.40. The number of halogens is 1. The van der Waals surface area contributed by atoms with Crippen LogP contribution in [-0.4, -0.2) is 65.0 Å². The molecule has 0 saturated carbocycles. The molecular formula is C16H34IN3O2S. The molecular weight excluding hydrogens is 425 g/mol. The van der Waals surface area contributed by atoms with Crippen molar-refractivity contribution < 1.29 is 8.95 Å². The number of nitrogens with zero attached hydrogens (tertiary/aromatic N) is 2. The van der Waals surface area contributed by atoms with Gasteiger partial charge in [0.05, 0.1) is 13.2 Å². The topological polar surface area (TPSA) is 53.9 Å². The maximum Gasteiger partial charge on any atom is 0.193 e. The number of hydrogen-bond donors (Lipinski definition) is 1. The Bertz CT molecular complexity index is 386. The Morgan fingerprint density at radius 1 is 1.39 bits per heavy atom. The van der Waals surface area contributed by atoms with Gasteiger partial charge < -0.3 is 15.0 Å². The molecule has 1 heterocycles. The molecule has 2 unspecified atom stereocenters. The van der Waals surface area contributed by atoms with Crippen molar-refractivity contribution in [2.24, 2.45) is 10.9 Å². The van der Waals surface area contributed by atoms with Crippen LogP contribution >= 0.6 is 24.0 Å². The molecule has 1 saturated heterocycles. The van der Waals surface area contributed by atoms with Crippen molar-refractivity contribution in [2.45, 2.75) is 45.8 Å². The third-order valence-electron chi connectivity index (χ3n) is 3.70. The Labute approximate surface area is 161 Å². The first-order valence-corrected chi connectivity index (χ1v) is 9.69. The summed E-state index contributed by atoms with van der Waals surface area (Å²) in [6.07, 6.45) is 1.15. The van der Waals surface area contributed by atoms with Gasteiger partial charge in [0, 0.05) is 53.5 Å². The molecule has 0 amide bonds. The number of guanidine groups is 1. The molecule has 0 aliphatic carbocycles. The van der Waals surface area contributed by atoms with E-state index in [0.29, 0.717) is 18.2 Å². The molecule has 2 atom stereocenters. The summed E-state index contributed by atoms with van der Waals surface area (Å²) >= 11 is 0. The van der Waals surface area contributed by atoms with Crippen molar-refractivity contribution in [3.05, 3.63) is 0 Å². The zero-order valence-electron chi connectivity index (χ0n) is 15.3. The molecule has 7 heteroatoms. The Morgan fingerprint density at radius 2 is 2.09 bits per heavy atom. The van der Waals surface area contributed by atoms with Crippen molar-refractivity contribution in [3.8, 4) is 0 Å². The van der Waals surface area contributed by atoms with Crippen LogP contribution in [0.3, 0.4) is 0 Å². The van der Waals surface area contributed by atoms with Gasteiger partial charge in [0.1, 0.15) is 0 Å². The summed E-state index contributed by atoms with van der Waals surface area (Å²) in [5.74, 6) is 2.16. The highest BCUT2D eigenvalue weighted by Gasteiger charge is 2.25. The summed E-state index contributed by atoms with van der Waals surface area (Å²) in [7, 11) is -0.844. The first kappa shape index (κ1) is 23.1. The van der Waals surface area contributed by atoms with E-state index in [0.717, 1.165) is 45.2 Å². The van der Waals surface area contributed by atoms with Crippen LogP contribution in [0, 0.1) is 5.92 Å². The van der Waals surface area contributed by atoms with E-state index in [9.17, 15) is 4.21 Å². The molecule has 23 heavy (non-hydrogen) atoms. The number of rotatable bonds is 7. The smallest absolute Gasteiger partial charge is 0.193 e. The quantitative estimate of drug-likeness (QED) is 0.361. The normalized spacial score (nSPS) is 20.3. The third-order valence-corrected chi connectivity index (χ3v) is 5.62. The minimum absolute atomic E-state index is 0. The monoisotopic (exact) mass is 459 g/mol. The highest BCUT2D eigenvalue weighted by atomic mass is 127. The van der Waals surface area contributed by atoms with E-state index in [1.54, 1.807) is 0 Å². The Kier molecular flexibility index (Phi) is 11.7. The third kappa shape index (κ3) is 8.67. The molecule has 0 radical (unpaired) electrons. The Morgan fingerprint density at radius 3 is 2.65 bits per heavy atom. The maximum atomic E-state index is 12.1. The van der Waals surface area contributed by atoms with Crippen molar-refractivity contribution in [2.75, 3.05) is 45.1 Å². The second kappa shape index (κ2) is 11.6. The molecule has 0 aromatic carbocycles. The molecule has 0 aromatic heterocycles. The van der Waals surface area contributed by atoms with Crippen molar-refractivity contribution in [1.82, 2.24) is 10.2 Å². The molecule has 1 N–H and O–H groups in total. The van der Waals surface area contributed by atoms with Crippen LogP contribution in [0.5, 0.6) is 0 Å². The molecule has 1 fully saturated rings. The zero-order valence-corrected chi connectivity index (χ0v) is 18.4. The van der Waals surface area contributed by atoms with Gasteiger partial charge in [-0.05, 0) is 41.0 Å². The zero-order chi connectivity index (χ0) is 16.6. The van der Waals surface area contributed by atoms with Crippen LogP contribution in [0.1, 0.15) is 41.0 Å². The minimum atomic E-state index is -0.844. The number of aliphatic imine (C=N–C) groups is 1. The molecule has 1 aliphatic heterocycles. The van der Waals surface area contributed by atoms with Gasteiger partial charge in [-0.2, -0.15) is 0 Å². The average molecular weight is 459 g/mol. The summed E-state index contributed by atoms with van der Waals surface area (Å²) in [4.78, 5) is 6.96. The highest BCUT2D eigenvalue weighted by molar-refractivity contribution is 14.0. The van der Waals surface area contributed by atoms with Crippen LogP contribution in [0.4, 0.5) is 0 Å². The SMILES string of the molecule is CCNC(=NCCS(=O)C(C)(C)C)N1CCC(COCC)C1.I. The fourth-order valence-electron chi connectivity index (χ4n) is 2.41. The van der Waals surface area contributed by atoms with E-state index in [1.165, 1.54) is 0 Å². The first-order chi connectivity index (χ1) is 10.4. The molecule has 0 aromatic rings. The van der Waals surface area contributed by atoms with Crippen LogP contribution in [-0.2, 0) is 15.5 Å². The summed E-state index contributed by atoms with van der Waals surface area (Å²) in [6, 6.07) is 0. The lowest BCUT2D eigenvalue weighted by Gasteiger charge is -2.22. The van der Waals surface area contributed by atoms with E-state index in [2.05, 4.69) is 22.1 Å². The predicted octanol–water partition coefficient (Wildman–Crippen LogP) is 2.48. The summed E-state index contributed by atoms with van der Waals surface area (Å²) in [5, 5.41) is 3.35. The van der Waals surface area contributed by atoms with Crippen molar-refractivity contribution in [1.29, 1.82) is 0 Å². The lowest BCUT2D eigenvalue weighted by molar-refractivity contribution is 0.114. The molecule has 1 aliphatic rings. The maximum absolute atomic E-state index is 12.1. The van der Waals surface area contributed by atoms with Crippen LogP contribution < -0.4 is 5.32 Å². The fraction of sp³-hybridized carbons (Fsp3) is 0.938. The Balaban J connectivity index is 0.00000484. The Hall–Kier alpha value is 0.110. The molecule has 1 rings (SSSR count). The van der Waals surface area contributed by atoms with E-state index < -0.39 is 10.8 Å². The van der Waals surface area contributed by atoms with E-state index in [1.807, 2.05) is 27.7 Å². The highest BCUT2D eigenvalue weighted by Crippen LogP contribution is 2.17. The fourth-order valence-corrected chi connectivity index (χ4v) is 3.28.